The molecule has 1 heteroatoms. The first kappa shape index (κ1) is 8.92. The molecule has 0 N–H and O–H groups in total. The van der Waals surface area contributed by atoms with Gasteiger partial charge in [0.1, 0.15) is 0 Å². The second-order valence-electron chi connectivity index (χ2n) is 3.06. The summed E-state index contributed by atoms with van der Waals surface area (Å²) in [6.07, 6.45) is 12.5. The molecule has 0 heterocycles. The molecule has 0 saturated carbocycles. The molecule has 0 saturated heterocycles. The summed E-state index contributed by atoms with van der Waals surface area (Å²) in [6, 6.07) is 0. The normalized spacial score (nSPS) is 19.5. The molecular formula is C10H16S. The molecule has 1 rings (SSSR count). The van der Waals surface area contributed by atoms with Gasteiger partial charge in [0.15, 0.2) is 0 Å². The average Bonchev–Trinajstić information content (AvgIpc) is 2.52. The van der Waals surface area contributed by atoms with E-state index in [0.717, 1.165) is 0 Å². The van der Waals surface area contributed by atoms with Crippen molar-refractivity contribution < 1.29 is 0 Å². The van der Waals surface area contributed by atoms with E-state index in [1.54, 1.807) is 0 Å². The minimum absolute atomic E-state index is 0.532. The molecule has 0 spiro atoms. The van der Waals surface area contributed by atoms with Gasteiger partial charge in [-0.15, -0.1) is 0 Å². The Labute approximate surface area is 74.8 Å². The van der Waals surface area contributed by atoms with E-state index in [-0.39, 0.29) is 0 Å². The fourth-order valence-corrected chi connectivity index (χ4v) is 1.69. The lowest BCUT2D eigenvalue weighted by atomic mass is 10.0. The minimum Gasteiger partial charge on any atom is -0.175 e. The highest BCUT2D eigenvalue weighted by Gasteiger charge is 2.12. The van der Waals surface area contributed by atoms with Crippen LogP contribution in [0.5, 0.6) is 0 Å². The first-order chi connectivity index (χ1) is 5.34. The molecular weight excluding hydrogens is 152 g/mol. The molecule has 1 aliphatic rings. The summed E-state index contributed by atoms with van der Waals surface area (Å²) >= 11 is 4.56. The first-order valence-corrected chi connectivity index (χ1v) is 4.89. The van der Waals surface area contributed by atoms with Crippen molar-refractivity contribution in [2.24, 2.45) is 5.92 Å². The topological polar surface area (TPSA) is 0 Å². The highest BCUT2D eigenvalue weighted by molar-refractivity contribution is 7.81. The third-order valence-electron chi connectivity index (χ3n) is 2.08. The Morgan fingerprint density at radius 2 is 2.00 bits per heavy atom. The zero-order valence-corrected chi connectivity index (χ0v) is 7.93. The maximum atomic E-state index is 4.56. The lowest BCUT2D eigenvalue weighted by molar-refractivity contribution is 0.634. The van der Waals surface area contributed by atoms with Gasteiger partial charge in [0.2, 0.25) is 0 Å². The van der Waals surface area contributed by atoms with Gasteiger partial charge in [-0.1, -0.05) is 44.1 Å². The largest absolute Gasteiger partial charge is 0.175 e. The van der Waals surface area contributed by atoms with Crippen molar-refractivity contribution >= 4 is 12.6 Å². The van der Waals surface area contributed by atoms with E-state index >= 15 is 0 Å². The van der Waals surface area contributed by atoms with Crippen LogP contribution in [-0.4, -0.2) is 5.25 Å². The third-order valence-corrected chi connectivity index (χ3v) is 2.68. The van der Waals surface area contributed by atoms with Crippen LogP contribution in [0, 0.1) is 5.92 Å². The molecule has 0 aromatic carbocycles. The highest BCUT2D eigenvalue weighted by Crippen LogP contribution is 2.22. The van der Waals surface area contributed by atoms with E-state index in [1.807, 2.05) is 0 Å². The van der Waals surface area contributed by atoms with Crippen LogP contribution in [-0.2, 0) is 0 Å². The Hall–Kier alpha value is -0.170. The zero-order chi connectivity index (χ0) is 8.10. The molecule has 0 amide bonds. The third kappa shape index (κ3) is 2.74. The Kier molecular flexibility index (Phi) is 3.78. The molecule has 0 aromatic heterocycles. The standard InChI is InChI=1S/C10H16S/c1-2-3-8-10(11)9-6-4-5-7-9/h4-7,9-11H,2-3,8H2,1H3. The van der Waals surface area contributed by atoms with E-state index in [9.17, 15) is 0 Å². The van der Waals surface area contributed by atoms with Crippen molar-refractivity contribution in [2.75, 3.05) is 0 Å². The summed E-state index contributed by atoms with van der Waals surface area (Å²) in [5, 5.41) is 0.532. The molecule has 0 bridgehead atoms. The maximum Gasteiger partial charge on any atom is 0.0114 e. The number of thiol groups is 1. The van der Waals surface area contributed by atoms with E-state index in [1.165, 1.54) is 19.3 Å². The van der Waals surface area contributed by atoms with Gasteiger partial charge in [-0.2, -0.15) is 12.6 Å². The van der Waals surface area contributed by atoms with Crippen LogP contribution in [0.2, 0.25) is 0 Å². The zero-order valence-electron chi connectivity index (χ0n) is 7.03. The van der Waals surface area contributed by atoms with Gasteiger partial charge in [0, 0.05) is 11.2 Å². The quantitative estimate of drug-likeness (QED) is 0.612. The molecule has 62 valence electrons. The Balaban J connectivity index is 2.24. The molecule has 0 aromatic rings. The number of rotatable bonds is 4. The van der Waals surface area contributed by atoms with Gasteiger partial charge in [-0.3, -0.25) is 0 Å². The van der Waals surface area contributed by atoms with Crippen molar-refractivity contribution in [3.63, 3.8) is 0 Å². The van der Waals surface area contributed by atoms with Crippen LogP contribution < -0.4 is 0 Å². The molecule has 0 nitrogen and oxygen atoms in total. The van der Waals surface area contributed by atoms with Crippen molar-refractivity contribution in [3.8, 4) is 0 Å². The van der Waals surface area contributed by atoms with Crippen LogP contribution in [0.4, 0.5) is 0 Å². The predicted octanol–water partition coefficient (Wildman–Crippen LogP) is 3.22. The smallest absolute Gasteiger partial charge is 0.0114 e. The number of unbranched alkanes of at least 4 members (excludes halogenated alkanes) is 1. The fourth-order valence-electron chi connectivity index (χ4n) is 1.31. The number of hydrogen-bond donors (Lipinski definition) is 1. The second-order valence-corrected chi connectivity index (χ2v) is 3.72. The highest BCUT2D eigenvalue weighted by atomic mass is 32.1. The SMILES string of the molecule is CCCCC(S)C1C=CC=C1. The van der Waals surface area contributed by atoms with Gasteiger partial charge in [-0.25, -0.2) is 0 Å². The number of hydrogen-bond acceptors (Lipinski definition) is 1. The molecule has 1 atom stereocenters. The van der Waals surface area contributed by atoms with E-state index in [4.69, 9.17) is 0 Å². The molecule has 0 radical (unpaired) electrons. The fraction of sp³-hybridized carbons (Fsp3) is 0.600. The Morgan fingerprint density at radius 3 is 2.55 bits per heavy atom. The van der Waals surface area contributed by atoms with Crippen molar-refractivity contribution in [1.82, 2.24) is 0 Å². The summed E-state index contributed by atoms with van der Waals surface area (Å²) in [5.41, 5.74) is 0. The van der Waals surface area contributed by atoms with Crippen LogP contribution in [0.1, 0.15) is 26.2 Å². The Bertz CT molecular complexity index is 146. The summed E-state index contributed by atoms with van der Waals surface area (Å²) < 4.78 is 0. The molecule has 1 unspecified atom stereocenters. The summed E-state index contributed by atoms with van der Waals surface area (Å²) in [4.78, 5) is 0. The molecule has 11 heavy (non-hydrogen) atoms. The van der Waals surface area contributed by atoms with E-state index in [0.29, 0.717) is 11.2 Å². The van der Waals surface area contributed by atoms with Gasteiger partial charge in [0.05, 0.1) is 0 Å². The Morgan fingerprint density at radius 1 is 1.36 bits per heavy atom. The van der Waals surface area contributed by atoms with E-state index in [2.05, 4.69) is 43.9 Å². The molecule has 1 aliphatic carbocycles. The maximum absolute atomic E-state index is 4.56. The van der Waals surface area contributed by atoms with Gasteiger partial charge in [0.25, 0.3) is 0 Å². The molecule has 0 aliphatic heterocycles. The van der Waals surface area contributed by atoms with Crippen LogP contribution >= 0.6 is 12.6 Å². The lowest BCUT2D eigenvalue weighted by Crippen LogP contribution is -2.08. The monoisotopic (exact) mass is 168 g/mol. The van der Waals surface area contributed by atoms with Crippen molar-refractivity contribution in [1.29, 1.82) is 0 Å². The van der Waals surface area contributed by atoms with Crippen LogP contribution in [0.3, 0.4) is 0 Å². The summed E-state index contributed by atoms with van der Waals surface area (Å²) in [7, 11) is 0. The van der Waals surface area contributed by atoms with Gasteiger partial charge in [-0.05, 0) is 6.42 Å². The molecule has 0 fully saturated rings. The summed E-state index contributed by atoms with van der Waals surface area (Å²) in [6.45, 7) is 2.22. The van der Waals surface area contributed by atoms with Crippen molar-refractivity contribution in [2.45, 2.75) is 31.4 Å². The second kappa shape index (κ2) is 4.66. The average molecular weight is 168 g/mol. The number of allylic oxidation sites excluding steroid dienone is 4. The van der Waals surface area contributed by atoms with Crippen LogP contribution in [0.15, 0.2) is 24.3 Å². The lowest BCUT2D eigenvalue weighted by Gasteiger charge is -2.13. The van der Waals surface area contributed by atoms with Gasteiger partial charge < -0.3 is 0 Å². The first-order valence-electron chi connectivity index (χ1n) is 4.37. The minimum atomic E-state index is 0.532. The van der Waals surface area contributed by atoms with Gasteiger partial charge >= 0.3 is 0 Å². The van der Waals surface area contributed by atoms with Crippen molar-refractivity contribution in [3.05, 3.63) is 24.3 Å². The summed E-state index contributed by atoms with van der Waals surface area (Å²) in [5.74, 6) is 0.588. The predicted molar refractivity (Wildman–Crippen MR) is 54.1 cm³/mol. The van der Waals surface area contributed by atoms with Crippen LogP contribution in [0.25, 0.3) is 0 Å². The van der Waals surface area contributed by atoms with E-state index < -0.39 is 0 Å².